The van der Waals surface area contributed by atoms with Gasteiger partial charge in [-0.2, -0.15) is 0 Å². The average molecular weight is 299 g/mol. The van der Waals surface area contributed by atoms with E-state index in [0.717, 1.165) is 11.1 Å². The van der Waals surface area contributed by atoms with Gasteiger partial charge in [0, 0.05) is 24.8 Å². The van der Waals surface area contributed by atoms with Crippen molar-refractivity contribution < 1.29 is 9.53 Å². The Kier molecular flexibility index (Phi) is 5.77. The van der Waals surface area contributed by atoms with E-state index in [1.54, 1.807) is 6.20 Å². The second-order valence-corrected chi connectivity index (χ2v) is 4.92. The van der Waals surface area contributed by atoms with E-state index in [-0.39, 0.29) is 6.03 Å². The maximum atomic E-state index is 11.8. The van der Waals surface area contributed by atoms with Crippen molar-refractivity contribution in [2.24, 2.45) is 0 Å². The Hall–Kier alpha value is -2.56. The Morgan fingerprint density at radius 2 is 1.86 bits per heavy atom. The molecule has 0 unspecified atom stereocenters. The number of carbonyl (C=O) groups is 1. The molecule has 1 aromatic carbocycles. The van der Waals surface area contributed by atoms with Crippen LogP contribution in [0.1, 0.15) is 23.6 Å². The molecule has 0 atom stereocenters. The molecular weight excluding hydrogens is 278 g/mol. The number of benzene rings is 1. The molecule has 0 saturated heterocycles. The fourth-order valence-electron chi connectivity index (χ4n) is 1.95. The van der Waals surface area contributed by atoms with E-state index in [1.165, 1.54) is 5.56 Å². The molecular formula is C17H21N3O2. The van der Waals surface area contributed by atoms with Crippen LogP contribution in [-0.2, 0) is 13.1 Å². The molecule has 0 spiro atoms. The van der Waals surface area contributed by atoms with Gasteiger partial charge in [0.1, 0.15) is 0 Å². The van der Waals surface area contributed by atoms with E-state index >= 15 is 0 Å². The molecule has 1 aromatic heterocycles. The smallest absolute Gasteiger partial charge is 0.315 e. The summed E-state index contributed by atoms with van der Waals surface area (Å²) in [5, 5.41) is 5.64. The first-order chi connectivity index (χ1) is 10.7. The monoisotopic (exact) mass is 299 g/mol. The zero-order chi connectivity index (χ0) is 15.8. The van der Waals surface area contributed by atoms with Crippen LogP contribution in [0.5, 0.6) is 5.88 Å². The second-order valence-electron chi connectivity index (χ2n) is 4.92. The summed E-state index contributed by atoms with van der Waals surface area (Å²) in [5.74, 6) is 0.559. The van der Waals surface area contributed by atoms with E-state index in [1.807, 2.05) is 50.2 Å². The first-order valence-electron chi connectivity index (χ1n) is 7.33. The number of hydrogen-bond acceptors (Lipinski definition) is 3. The molecule has 5 nitrogen and oxygen atoms in total. The zero-order valence-electron chi connectivity index (χ0n) is 12.9. The number of pyridine rings is 1. The minimum Gasteiger partial charge on any atom is -0.478 e. The minimum absolute atomic E-state index is 0.216. The Morgan fingerprint density at radius 3 is 2.59 bits per heavy atom. The molecule has 2 N–H and O–H groups in total. The van der Waals surface area contributed by atoms with Crippen LogP contribution < -0.4 is 15.4 Å². The number of rotatable bonds is 6. The maximum absolute atomic E-state index is 11.8. The van der Waals surface area contributed by atoms with Crippen LogP contribution in [0, 0.1) is 6.92 Å². The van der Waals surface area contributed by atoms with Crippen molar-refractivity contribution in [1.29, 1.82) is 0 Å². The Morgan fingerprint density at radius 1 is 1.14 bits per heavy atom. The van der Waals surface area contributed by atoms with Gasteiger partial charge < -0.3 is 15.4 Å². The minimum atomic E-state index is -0.216. The summed E-state index contributed by atoms with van der Waals surface area (Å²) in [5.41, 5.74) is 3.13. The van der Waals surface area contributed by atoms with Crippen LogP contribution in [0.3, 0.4) is 0 Å². The van der Waals surface area contributed by atoms with E-state index in [9.17, 15) is 4.79 Å². The molecule has 2 rings (SSSR count). The Labute approximate surface area is 130 Å². The van der Waals surface area contributed by atoms with Crippen molar-refractivity contribution in [2.45, 2.75) is 26.9 Å². The molecule has 0 fully saturated rings. The molecule has 22 heavy (non-hydrogen) atoms. The summed E-state index contributed by atoms with van der Waals surface area (Å²) in [7, 11) is 0. The number of amides is 2. The van der Waals surface area contributed by atoms with Crippen LogP contribution in [0.15, 0.2) is 42.6 Å². The zero-order valence-corrected chi connectivity index (χ0v) is 12.9. The standard InChI is InChI=1S/C17H21N3O2/c1-3-22-16-15(5-4-10-18-16)12-20-17(21)19-11-14-8-6-13(2)7-9-14/h4-10H,3,11-12H2,1-2H3,(H2,19,20,21). The van der Waals surface area contributed by atoms with Crippen LogP contribution >= 0.6 is 0 Å². The van der Waals surface area contributed by atoms with Crippen molar-refractivity contribution >= 4 is 6.03 Å². The topological polar surface area (TPSA) is 63.2 Å². The van der Waals surface area contributed by atoms with Gasteiger partial charge in [-0.15, -0.1) is 0 Å². The number of nitrogens with one attached hydrogen (secondary N) is 2. The lowest BCUT2D eigenvalue weighted by atomic mass is 10.1. The summed E-state index contributed by atoms with van der Waals surface area (Å²) < 4.78 is 5.43. The first kappa shape index (κ1) is 15.8. The molecule has 5 heteroatoms. The molecule has 1 heterocycles. The van der Waals surface area contributed by atoms with Gasteiger partial charge in [-0.25, -0.2) is 9.78 Å². The summed E-state index contributed by atoms with van der Waals surface area (Å²) in [6.07, 6.45) is 1.67. The van der Waals surface area contributed by atoms with Crippen LogP contribution in [0.2, 0.25) is 0 Å². The van der Waals surface area contributed by atoms with E-state index < -0.39 is 0 Å². The largest absolute Gasteiger partial charge is 0.478 e. The molecule has 0 aliphatic carbocycles. The van der Waals surface area contributed by atoms with Gasteiger partial charge in [0.15, 0.2) is 0 Å². The predicted molar refractivity (Wildman–Crippen MR) is 85.7 cm³/mol. The fraction of sp³-hybridized carbons (Fsp3) is 0.294. The summed E-state index contributed by atoms with van der Waals surface area (Å²) in [4.78, 5) is 16.0. The second kappa shape index (κ2) is 8.02. The number of aromatic nitrogens is 1. The number of carbonyl (C=O) groups excluding carboxylic acids is 1. The summed E-state index contributed by atoms with van der Waals surface area (Å²) in [6, 6.07) is 11.6. The number of ether oxygens (including phenoxy) is 1. The molecule has 0 radical (unpaired) electrons. The van der Waals surface area contributed by atoms with Gasteiger partial charge in [0.05, 0.1) is 6.61 Å². The van der Waals surface area contributed by atoms with Gasteiger partial charge in [-0.1, -0.05) is 35.9 Å². The van der Waals surface area contributed by atoms with Gasteiger partial charge >= 0.3 is 6.03 Å². The lowest BCUT2D eigenvalue weighted by Crippen LogP contribution is -2.34. The lowest BCUT2D eigenvalue weighted by molar-refractivity contribution is 0.240. The van der Waals surface area contributed by atoms with Crippen molar-refractivity contribution in [1.82, 2.24) is 15.6 Å². The summed E-state index contributed by atoms with van der Waals surface area (Å²) >= 11 is 0. The van der Waals surface area contributed by atoms with Gasteiger partial charge in [-0.05, 0) is 25.5 Å². The number of nitrogens with zero attached hydrogens (tertiary/aromatic N) is 1. The normalized spacial score (nSPS) is 10.1. The molecule has 2 aromatic rings. The van der Waals surface area contributed by atoms with Gasteiger partial charge in [0.2, 0.25) is 5.88 Å². The highest BCUT2D eigenvalue weighted by Crippen LogP contribution is 2.13. The van der Waals surface area contributed by atoms with E-state index in [0.29, 0.717) is 25.6 Å². The molecule has 116 valence electrons. The molecule has 2 amide bonds. The highest BCUT2D eigenvalue weighted by molar-refractivity contribution is 5.73. The molecule has 0 bridgehead atoms. The lowest BCUT2D eigenvalue weighted by Gasteiger charge is -2.10. The SMILES string of the molecule is CCOc1ncccc1CNC(=O)NCc1ccc(C)cc1. The number of urea groups is 1. The van der Waals surface area contributed by atoms with E-state index in [2.05, 4.69) is 15.6 Å². The third-order valence-electron chi connectivity index (χ3n) is 3.14. The summed E-state index contributed by atoms with van der Waals surface area (Å²) in [6.45, 7) is 5.36. The number of hydrogen-bond donors (Lipinski definition) is 2. The van der Waals surface area contributed by atoms with Crippen molar-refractivity contribution in [3.8, 4) is 5.88 Å². The number of aryl methyl sites for hydroxylation is 1. The van der Waals surface area contributed by atoms with E-state index in [4.69, 9.17) is 4.74 Å². The van der Waals surface area contributed by atoms with Crippen LogP contribution in [0.4, 0.5) is 4.79 Å². The van der Waals surface area contributed by atoms with Gasteiger partial charge in [-0.3, -0.25) is 0 Å². The molecule has 0 saturated carbocycles. The highest BCUT2D eigenvalue weighted by Gasteiger charge is 2.06. The molecule has 0 aliphatic rings. The quantitative estimate of drug-likeness (QED) is 0.862. The predicted octanol–water partition coefficient (Wildman–Crippen LogP) is 2.79. The fourth-order valence-corrected chi connectivity index (χ4v) is 1.95. The third-order valence-corrected chi connectivity index (χ3v) is 3.14. The van der Waals surface area contributed by atoms with Crippen molar-refractivity contribution in [3.63, 3.8) is 0 Å². The van der Waals surface area contributed by atoms with Crippen LogP contribution in [-0.4, -0.2) is 17.6 Å². The maximum Gasteiger partial charge on any atom is 0.315 e. The molecule has 0 aliphatic heterocycles. The van der Waals surface area contributed by atoms with Crippen molar-refractivity contribution in [3.05, 3.63) is 59.3 Å². The third kappa shape index (κ3) is 4.77. The van der Waals surface area contributed by atoms with Crippen LogP contribution in [0.25, 0.3) is 0 Å². The highest BCUT2D eigenvalue weighted by atomic mass is 16.5. The Balaban J connectivity index is 1.81. The van der Waals surface area contributed by atoms with Crippen molar-refractivity contribution in [2.75, 3.05) is 6.61 Å². The average Bonchev–Trinajstić information content (AvgIpc) is 2.54. The Bertz CT molecular complexity index is 612. The first-order valence-corrected chi connectivity index (χ1v) is 7.33. The van der Waals surface area contributed by atoms with Gasteiger partial charge in [0.25, 0.3) is 0 Å².